The second kappa shape index (κ2) is 8.47. The topological polar surface area (TPSA) is 21.3 Å². The molecule has 0 spiro atoms. The van der Waals surface area contributed by atoms with E-state index >= 15 is 0 Å². The summed E-state index contributed by atoms with van der Waals surface area (Å²) in [6.45, 7) is 8.31. The number of nitrogens with one attached hydrogen (secondary N) is 1. The SMILES string of the molecule is Cc1ccccc1CCNc1cccc(OCCC(C)C)c1. The maximum absolute atomic E-state index is 5.80. The van der Waals surface area contributed by atoms with Gasteiger partial charge in [-0.2, -0.15) is 0 Å². The largest absolute Gasteiger partial charge is 0.494 e. The third-order valence-corrected chi connectivity index (χ3v) is 3.78. The van der Waals surface area contributed by atoms with E-state index in [-0.39, 0.29) is 0 Å². The average molecular weight is 297 g/mol. The summed E-state index contributed by atoms with van der Waals surface area (Å²) in [6.07, 6.45) is 2.12. The molecule has 0 fully saturated rings. The molecule has 0 unspecified atom stereocenters. The van der Waals surface area contributed by atoms with Crippen molar-refractivity contribution in [3.8, 4) is 5.75 Å². The zero-order chi connectivity index (χ0) is 15.8. The van der Waals surface area contributed by atoms with E-state index in [0.29, 0.717) is 5.92 Å². The lowest BCUT2D eigenvalue weighted by Gasteiger charge is -2.11. The van der Waals surface area contributed by atoms with Crippen LogP contribution in [0.4, 0.5) is 5.69 Å². The Morgan fingerprint density at radius 2 is 1.86 bits per heavy atom. The minimum absolute atomic E-state index is 0.676. The second-order valence-electron chi connectivity index (χ2n) is 6.16. The van der Waals surface area contributed by atoms with Crippen molar-refractivity contribution in [3.05, 3.63) is 59.7 Å². The van der Waals surface area contributed by atoms with Crippen molar-refractivity contribution < 1.29 is 4.74 Å². The Morgan fingerprint density at radius 1 is 1.05 bits per heavy atom. The van der Waals surface area contributed by atoms with E-state index < -0.39 is 0 Å². The Kier molecular flexibility index (Phi) is 6.32. The third kappa shape index (κ3) is 5.44. The van der Waals surface area contributed by atoms with Crippen LogP contribution >= 0.6 is 0 Å². The van der Waals surface area contributed by atoms with Gasteiger partial charge in [0.2, 0.25) is 0 Å². The highest BCUT2D eigenvalue weighted by atomic mass is 16.5. The lowest BCUT2D eigenvalue weighted by atomic mass is 10.1. The van der Waals surface area contributed by atoms with Gasteiger partial charge in [0.25, 0.3) is 0 Å². The van der Waals surface area contributed by atoms with Crippen molar-refractivity contribution in [1.29, 1.82) is 0 Å². The molecule has 0 aliphatic rings. The van der Waals surface area contributed by atoms with E-state index in [1.807, 2.05) is 12.1 Å². The van der Waals surface area contributed by atoms with Crippen LogP contribution in [0.1, 0.15) is 31.4 Å². The molecule has 0 aliphatic carbocycles. The first-order chi connectivity index (χ1) is 10.6. The summed E-state index contributed by atoms with van der Waals surface area (Å²) in [5, 5.41) is 3.48. The smallest absolute Gasteiger partial charge is 0.121 e. The van der Waals surface area contributed by atoms with E-state index in [1.165, 1.54) is 11.1 Å². The predicted octanol–water partition coefficient (Wildman–Crippen LogP) is 5.07. The molecule has 2 heteroatoms. The van der Waals surface area contributed by atoms with Crippen LogP contribution in [-0.2, 0) is 6.42 Å². The summed E-state index contributed by atoms with van der Waals surface area (Å²) >= 11 is 0. The predicted molar refractivity (Wildman–Crippen MR) is 94.8 cm³/mol. The molecule has 0 atom stereocenters. The Bertz CT molecular complexity index is 577. The van der Waals surface area contributed by atoms with Crippen LogP contribution in [0.25, 0.3) is 0 Å². The molecule has 1 N–H and O–H groups in total. The summed E-state index contributed by atoms with van der Waals surface area (Å²) < 4.78 is 5.80. The fourth-order valence-corrected chi connectivity index (χ4v) is 2.34. The van der Waals surface area contributed by atoms with Crippen LogP contribution in [-0.4, -0.2) is 13.2 Å². The molecule has 0 amide bonds. The van der Waals surface area contributed by atoms with Crippen molar-refractivity contribution in [2.24, 2.45) is 5.92 Å². The monoisotopic (exact) mass is 297 g/mol. The van der Waals surface area contributed by atoms with Crippen LogP contribution in [0.3, 0.4) is 0 Å². The highest BCUT2D eigenvalue weighted by Gasteiger charge is 2.00. The molecule has 118 valence electrons. The van der Waals surface area contributed by atoms with E-state index in [1.54, 1.807) is 0 Å². The highest BCUT2D eigenvalue weighted by molar-refractivity contribution is 5.48. The first-order valence-electron chi connectivity index (χ1n) is 8.16. The second-order valence-corrected chi connectivity index (χ2v) is 6.16. The number of hydrogen-bond donors (Lipinski definition) is 1. The zero-order valence-electron chi connectivity index (χ0n) is 13.9. The van der Waals surface area contributed by atoms with Gasteiger partial charge in [-0.05, 0) is 48.9 Å². The molecule has 22 heavy (non-hydrogen) atoms. The molecular formula is C20H27NO. The van der Waals surface area contributed by atoms with Crippen molar-refractivity contribution in [2.75, 3.05) is 18.5 Å². The van der Waals surface area contributed by atoms with Gasteiger partial charge >= 0.3 is 0 Å². The van der Waals surface area contributed by atoms with Gasteiger partial charge in [-0.3, -0.25) is 0 Å². The molecule has 0 saturated heterocycles. The summed E-state index contributed by atoms with van der Waals surface area (Å²) in [5.74, 6) is 1.62. The lowest BCUT2D eigenvalue weighted by Crippen LogP contribution is -2.06. The van der Waals surface area contributed by atoms with E-state index in [2.05, 4.69) is 62.5 Å². The van der Waals surface area contributed by atoms with Crippen molar-refractivity contribution >= 4 is 5.69 Å². The van der Waals surface area contributed by atoms with Gasteiger partial charge in [0.05, 0.1) is 6.61 Å². The molecular weight excluding hydrogens is 270 g/mol. The average Bonchev–Trinajstić information content (AvgIpc) is 2.49. The summed E-state index contributed by atoms with van der Waals surface area (Å²) in [6, 6.07) is 16.8. The molecule has 2 nitrogen and oxygen atoms in total. The van der Waals surface area contributed by atoms with Crippen LogP contribution in [0.2, 0.25) is 0 Å². The zero-order valence-corrected chi connectivity index (χ0v) is 13.9. The fraction of sp³-hybridized carbons (Fsp3) is 0.400. The third-order valence-electron chi connectivity index (χ3n) is 3.78. The quantitative estimate of drug-likeness (QED) is 0.734. The normalized spacial score (nSPS) is 10.7. The molecule has 2 rings (SSSR count). The molecule has 0 aromatic heterocycles. The van der Waals surface area contributed by atoms with Crippen LogP contribution in [0.5, 0.6) is 5.75 Å². The fourth-order valence-electron chi connectivity index (χ4n) is 2.34. The molecule has 0 bridgehead atoms. The van der Waals surface area contributed by atoms with E-state index in [9.17, 15) is 0 Å². The van der Waals surface area contributed by atoms with Crippen molar-refractivity contribution in [2.45, 2.75) is 33.6 Å². The Balaban J connectivity index is 1.81. The highest BCUT2D eigenvalue weighted by Crippen LogP contribution is 2.18. The van der Waals surface area contributed by atoms with Gasteiger partial charge in [-0.15, -0.1) is 0 Å². The number of rotatable bonds is 8. The van der Waals surface area contributed by atoms with Crippen LogP contribution < -0.4 is 10.1 Å². The Hall–Kier alpha value is -1.96. The summed E-state index contributed by atoms with van der Waals surface area (Å²) in [7, 11) is 0. The van der Waals surface area contributed by atoms with Crippen LogP contribution in [0.15, 0.2) is 48.5 Å². The maximum Gasteiger partial charge on any atom is 0.121 e. The van der Waals surface area contributed by atoms with Crippen molar-refractivity contribution in [3.63, 3.8) is 0 Å². The lowest BCUT2D eigenvalue weighted by molar-refractivity contribution is 0.289. The summed E-state index contributed by atoms with van der Waals surface area (Å²) in [4.78, 5) is 0. The Morgan fingerprint density at radius 3 is 2.64 bits per heavy atom. The molecule has 0 saturated carbocycles. The minimum Gasteiger partial charge on any atom is -0.494 e. The molecule has 2 aromatic rings. The van der Waals surface area contributed by atoms with E-state index in [4.69, 9.17) is 4.74 Å². The minimum atomic E-state index is 0.676. The number of aryl methyl sites for hydroxylation is 1. The van der Waals surface area contributed by atoms with Gasteiger partial charge in [-0.25, -0.2) is 0 Å². The number of ether oxygens (including phenoxy) is 1. The standard InChI is InChI=1S/C20H27NO/c1-16(2)12-14-22-20-10-6-9-19(15-20)21-13-11-18-8-5-4-7-17(18)3/h4-10,15-16,21H,11-14H2,1-3H3. The van der Waals surface area contributed by atoms with Gasteiger partial charge in [-0.1, -0.05) is 44.2 Å². The number of anilines is 1. The molecule has 0 heterocycles. The van der Waals surface area contributed by atoms with Gasteiger partial charge in [0, 0.05) is 18.3 Å². The molecule has 0 radical (unpaired) electrons. The maximum atomic E-state index is 5.80. The van der Waals surface area contributed by atoms with Crippen LogP contribution in [0, 0.1) is 12.8 Å². The summed E-state index contributed by atoms with van der Waals surface area (Å²) in [5.41, 5.74) is 3.88. The first kappa shape index (κ1) is 16.4. The number of hydrogen-bond acceptors (Lipinski definition) is 2. The Labute approximate surface area is 134 Å². The van der Waals surface area contributed by atoms with Gasteiger partial charge in [0.1, 0.15) is 5.75 Å². The number of benzene rings is 2. The molecule has 2 aromatic carbocycles. The van der Waals surface area contributed by atoms with E-state index in [0.717, 1.165) is 37.4 Å². The van der Waals surface area contributed by atoms with Gasteiger partial charge < -0.3 is 10.1 Å². The van der Waals surface area contributed by atoms with Gasteiger partial charge in [0.15, 0.2) is 0 Å². The first-order valence-corrected chi connectivity index (χ1v) is 8.16. The molecule has 0 aliphatic heterocycles. The van der Waals surface area contributed by atoms with Crippen molar-refractivity contribution in [1.82, 2.24) is 0 Å².